The van der Waals surface area contributed by atoms with Crippen LogP contribution >= 0.6 is 11.6 Å². The zero-order valence-corrected chi connectivity index (χ0v) is 11.1. The van der Waals surface area contributed by atoms with Gasteiger partial charge in [-0.05, 0) is 24.3 Å². The van der Waals surface area contributed by atoms with Crippen molar-refractivity contribution in [3.8, 4) is 0 Å². The van der Waals surface area contributed by atoms with Gasteiger partial charge in [-0.1, -0.05) is 11.6 Å². The van der Waals surface area contributed by atoms with E-state index < -0.39 is 10.0 Å². The Morgan fingerprint density at radius 2 is 1.83 bits per heavy atom. The molecule has 2 heterocycles. The number of pyridine rings is 2. The van der Waals surface area contributed by atoms with Gasteiger partial charge in [-0.3, -0.25) is 9.29 Å². The summed E-state index contributed by atoms with van der Waals surface area (Å²) in [6.45, 7) is 0. The molecule has 18 heavy (non-hydrogen) atoms. The predicted octanol–water partition coefficient (Wildman–Crippen LogP) is 1.96. The van der Waals surface area contributed by atoms with E-state index in [2.05, 4.69) is 9.97 Å². The van der Waals surface area contributed by atoms with E-state index in [1.54, 1.807) is 12.1 Å². The minimum Gasteiger partial charge on any atom is -0.269 e. The third kappa shape index (κ3) is 2.44. The molecule has 0 saturated heterocycles. The molecule has 2 aromatic heterocycles. The van der Waals surface area contributed by atoms with Crippen molar-refractivity contribution in [2.75, 3.05) is 11.4 Å². The smallest absolute Gasteiger partial charge is 0.265 e. The predicted molar refractivity (Wildman–Crippen MR) is 69.1 cm³/mol. The summed E-state index contributed by atoms with van der Waals surface area (Å²) in [6, 6.07) is 6.08. The largest absolute Gasteiger partial charge is 0.269 e. The molecule has 0 fully saturated rings. The van der Waals surface area contributed by atoms with Gasteiger partial charge >= 0.3 is 0 Å². The highest BCUT2D eigenvalue weighted by Gasteiger charge is 2.21. The molecule has 2 aromatic rings. The van der Waals surface area contributed by atoms with Crippen molar-refractivity contribution in [2.24, 2.45) is 0 Å². The highest BCUT2D eigenvalue weighted by molar-refractivity contribution is 7.92. The first-order chi connectivity index (χ1) is 8.51. The molecule has 0 N–H and O–H groups in total. The standard InChI is InChI=1S/C11H10ClN3O2S/c1-15(9-4-6-13-7-5-9)18(16,17)10-2-3-11(12)14-8-10/h2-8H,1H3. The molecule has 0 atom stereocenters. The van der Waals surface area contributed by atoms with Crippen molar-refractivity contribution < 1.29 is 8.42 Å². The van der Waals surface area contributed by atoms with Gasteiger partial charge in [0.25, 0.3) is 10.0 Å². The minimum absolute atomic E-state index is 0.0891. The first-order valence-corrected chi connectivity index (χ1v) is 6.84. The minimum atomic E-state index is -3.62. The average Bonchev–Trinajstić information content (AvgIpc) is 2.39. The molecule has 0 aliphatic heterocycles. The van der Waals surface area contributed by atoms with Crippen molar-refractivity contribution >= 4 is 27.3 Å². The summed E-state index contributed by atoms with van der Waals surface area (Å²) >= 11 is 5.63. The molecule has 0 radical (unpaired) electrons. The van der Waals surface area contributed by atoms with Gasteiger partial charge < -0.3 is 0 Å². The maximum absolute atomic E-state index is 12.3. The average molecular weight is 284 g/mol. The Morgan fingerprint density at radius 3 is 2.39 bits per heavy atom. The van der Waals surface area contributed by atoms with Gasteiger partial charge in [-0.25, -0.2) is 13.4 Å². The highest BCUT2D eigenvalue weighted by atomic mass is 35.5. The van der Waals surface area contributed by atoms with Gasteiger partial charge in [-0.15, -0.1) is 0 Å². The Kier molecular flexibility index (Phi) is 3.49. The third-order valence-corrected chi connectivity index (χ3v) is 4.38. The summed E-state index contributed by atoms with van der Waals surface area (Å²) < 4.78 is 25.7. The lowest BCUT2D eigenvalue weighted by molar-refractivity contribution is 0.594. The number of sulfonamides is 1. The molecule has 0 aliphatic carbocycles. The van der Waals surface area contributed by atoms with Crippen molar-refractivity contribution in [3.63, 3.8) is 0 Å². The van der Waals surface area contributed by atoms with Crippen LogP contribution in [0.3, 0.4) is 0 Å². The molecule has 94 valence electrons. The molecule has 0 spiro atoms. The van der Waals surface area contributed by atoms with Crippen LogP contribution in [0.15, 0.2) is 47.8 Å². The molecular formula is C11H10ClN3O2S. The van der Waals surface area contributed by atoms with E-state index in [-0.39, 0.29) is 10.0 Å². The molecule has 2 rings (SSSR count). The molecule has 0 aromatic carbocycles. The van der Waals surface area contributed by atoms with Crippen LogP contribution < -0.4 is 4.31 Å². The zero-order valence-electron chi connectivity index (χ0n) is 9.49. The van der Waals surface area contributed by atoms with Gasteiger partial charge in [0.2, 0.25) is 0 Å². The summed E-state index contributed by atoms with van der Waals surface area (Å²) in [7, 11) is -2.15. The Hall–Kier alpha value is -1.66. The second kappa shape index (κ2) is 4.91. The summed E-state index contributed by atoms with van der Waals surface area (Å²) in [6.07, 6.45) is 4.29. The van der Waals surface area contributed by atoms with E-state index in [0.717, 1.165) is 0 Å². The third-order valence-electron chi connectivity index (χ3n) is 2.38. The normalized spacial score (nSPS) is 11.2. The fraction of sp³-hybridized carbons (Fsp3) is 0.0909. The summed E-state index contributed by atoms with van der Waals surface area (Å²) in [5.41, 5.74) is 0.528. The number of hydrogen-bond acceptors (Lipinski definition) is 4. The van der Waals surface area contributed by atoms with E-state index in [1.165, 1.54) is 42.1 Å². The topological polar surface area (TPSA) is 63.2 Å². The number of hydrogen-bond donors (Lipinski definition) is 0. The van der Waals surface area contributed by atoms with E-state index >= 15 is 0 Å². The van der Waals surface area contributed by atoms with Gasteiger partial charge in [0.1, 0.15) is 10.0 Å². The van der Waals surface area contributed by atoms with Crippen molar-refractivity contribution in [2.45, 2.75) is 4.90 Å². The monoisotopic (exact) mass is 283 g/mol. The van der Waals surface area contributed by atoms with E-state index in [1.807, 2.05) is 0 Å². The first kappa shape index (κ1) is 12.8. The van der Waals surface area contributed by atoms with Crippen LogP contribution in [0.5, 0.6) is 0 Å². The van der Waals surface area contributed by atoms with E-state index in [0.29, 0.717) is 5.69 Å². The van der Waals surface area contributed by atoms with Gasteiger partial charge in [0.15, 0.2) is 0 Å². The fourth-order valence-electron chi connectivity index (χ4n) is 1.37. The van der Waals surface area contributed by atoms with Gasteiger partial charge in [-0.2, -0.15) is 0 Å². The van der Waals surface area contributed by atoms with Crippen LogP contribution in [-0.4, -0.2) is 25.4 Å². The first-order valence-electron chi connectivity index (χ1n) is 5.02. The second-order valence-corrected chi connectivity index (χ2v) is 5.85. The molecule has 0 bridgehead atoms. The Bertz CT molecular complexity index is 629. The van der Waals surface area contributed by atoms with Crippen LogP contribution in [0.4, 0.5) is 5.69 Å². The lowest BCUT2D eigenvalue weighted by atomic mass is 10.4. The molecular weight excluding hydrogens is 274 g/mol. The summed E-state index contributed by atoms with van der Waals surface area (Å²) in [5, 5.41) is 0.250. The number of anilines is 1. The number of rotatable bonds is 3. The van der Waals surface area contributed by atoms with Crippen molar-refractivity contribution in [1.29, 1.82) is 0 Å². The van der Waals surface area contributed by atoms with Crippen molar-refractivity contribution in [3.05, 3.63) is 48.0 Å². The summed E-state index contributed by atoms with van der Waals surface area (Å²) in [5.74, 6) is 0. The molecule has 0 amide bonds. The van der Waals surface area contributed by atoms with Crippen LogP contribution in [-0.2, 0) is 10.0 Å². The SMILES string of the molecule is CN(c1ccncc1)S(=O)(=O)c1ccc(Cl)nc1. The van der Waals surface area contributed by atoms with Crippen LogP contribution in [0, 0.1) is 0 Å². The zero-order chi connectivity index (χ0) is 13.2. The maximum Gasteiger partial charge on any atom is 0.265 e. The van der Waals surface area contributed by atoms with Gasteiger partial charge in [0.05, 0.1) is 5.69 Å². The lowest BCUT2D eigenvalue weighted by Crippen LogP contribution is -2.26. The Labute approximate surface area is 110 Å². The fourth-order valence-corrected chi connectivity index (χ4v) is 2.62. The molecule has 0 aliphatic rings. The lowest BCUT2D eigenvalue weighted by Gasteiger charge is -2.18. The van der Waals surface area contributed by atoms with Crippen molar-refractivity contribution in [1.82, 2.24) is 9.97 Å². The second-order valence-electron chi connectivity index (χ2n) is 3.49. The molecule has 7 heteroatoms. The van der Waals surface area contributed by atoms with E-state index in [9.17, 15) is 8.42 Å². The van der Waals surface area contributed by atoms with Crippen LogP contribution in [0.1, 0.15) is 0 Å². The molecule has 0 unspecified atom stereocenters. The quantitative estimate of drug-likeness (QED) is 0.808. The Balaban J connectivity index is 2.40. The van der Waals surface area contributed by atoms with Crippen LogP contribution in [0.2, 0.25) is 5.15 Å². The number of nitrogens with zero attached hydrogens (tertiary/aromatic N) is 3. The van der Waals surface area contributed by atoms with E-state index in [4.69, 9.17) is 11.6 Å². The molecule has 0 saturated carbocycles. The Morgan fingerprint density at radius 1 is 1.17 bits per heavy atom. The van der Waals surface area contributed by atoms with Crippen LogP contribution in [0.25, 0.3) is 0 Å². The van der Waals surface area contributed by atoms with Gasteiger partial charge in [0, 0.05) is 25.6 Å². The number of aromatic nitrogens is 2. The molecule has 5 nitrogen and oxygen atoms in total. The number of halogens is 1. The highest BCUT2D eigenvalue weighted by Crippen LogP contribution is 2.21. The summed E-state index contributed by atoms with van der Waals surface area (Å²) in [4.78, 5) is 7.70. The maximum atomic E-state index is 12.3.